The van der Waals surface area contributed by atoms with Crippen LogP contribution in [-0.4, -0.2) is 0 Å². The van der Waals surface area contributed by atoms with E-state index in [0.29, 0.717) is 0 Å². The fourth-order valence-corrected chi connectivity index (χ4v) is 9.59. The lowest BCUT2D eigenvalue weighted by Gasteiger charge is -2.28. The molecule has 1 aromatic heterocycles. The van der Waals surface area contributed by atoms with Crippen molar-refractivity contribution in [3.05, 3.63) is 254 Å². The number of aryl methyl sites for hydroxylation is 2. The van der Waals surface area contributed by atoms with Crippen molar-refractivity contribution >= 4 is 44.8 Å². The maximum Gasteiger partial charge on any atom is 0.101 e. The molecular weight excluding hydrogens is 781 g/mol. The molecule has 0 aliphatic rings. The van der Waals surface area contributed by atoms with E-state index < -0.39 is 0 Å². The molecule has 0 atom stereocenters. The molecule has 0 amide bonds. The number of hydrogen-bond acceptors (Lipinski definition) is 3. The zero-order chi connectivity index (χ0) is 42.5. The normalized spacial score (nSPS) is 11.0. The predicted molar refractivity (Wildman–Crippen MR) is 270 cm³/mol. The van der Waals surface area contributed by atoms with Crippen LogP contribution in [0.1, 0.15) is 11.1 Å². The van der Waals surface area contributed by atoms with E-state index >= 15 is 0 Å². The number of benzene rings is 9. The lowest BCUT2D eigenvalue weighted by Crippen LogP contribution is -2.12. The molecule has 10 rings (SSSR count). The van der Waals surface area contributed by atoms with Gasteiger partial charge in [0, 0.05) is 33.3 Å². The number of nitrogens with zero attached hydrogens (tertiary/aromatic N) is 2. The highest BCUT2D eigenvalue weighted by atomic mass is 32.1. The minimum atomic E-state index is 1.11. The average Bonchev–Trinajstić information content (AvgIpc) is 3.84. The molecule has 0 unspecified atom stereocenters. The van der Waals surface area contributed by atoms with Gasteiger partial charge in [0.05, 0.1) is 0 Å². The van der Waals surface area contributed by atoms with Gasteiger partial charge in [-0.2, -0.15) is 0 Å². The summed E-state index contributed by atoms with van der Waals surface area (Å²) >= 11 is 1.83. The van der Waals surface area contributed by atoms with Crippen LogP contribution in [0.5, 0.6) is 0 Å². The molecule has 9 aromatic carbocycles. The van der Waals surface area contributed by atoms with E-state index in [2.05, 4.69) is 266 Å². The van der Waals surface area contributed by atoms with Crippen LogP contribution in [0.2, 0.25) is 0 Å². The SMILES string of the molecule is Cc1cc(N(c2ccc(-c3ccccc3)cc2)c2ccc(-c3ccccc3)cc2)c(C)cc1-c1ccc(N(c2ccc(-c3ccccc3)cc2)c2ccc(-c3ccccc3)cc2)s1. The monoisotopic (exact) mass is 826 g/mol. The maximum absolute atomic E-state index is 2.40. The molecule has 0 radical (unpaired) electrons. The Kier molecular flexibility index (Phi) is 11.1. The topological polar surface area (TPSA) is 6.48 Å². The highest BCUT2D eigenvalue weighted by Crippen LogP contribution is 2.46. The lowest BCUT2D eigenvalue weighted by atomic mass is 9.99. The standard InChI is InChI=1S/C60H46N2S/c1-43-42-58(61(53-31-23-49(24-32-53)45-15-7-3-8-16-45)54-33-25-50(26-34-54)46-17-9-4-10-18-46)44(2)41-57(43)59-39-40-60(63-59)62(55-35-27-51(28-36-55)47-19-11-5-12-20-47)56-37-29-52(30-38-56)48-21-13-6-14-22-48/h3-42H,1-2H3. The fourth-order valence-electron chi connectivity index (χ4n) is 8.46. The van der Waals surface area contributed by atoms with Gasteiger partial charge < -0.3 is 9.80 Å². The summed E-state index contributed by atoms with van der Waals surface area (Å²) < 4.78 is 0. The molecule has 0 saturated carbocycles. The van der Waals surface area contributed by atoms with Gasteiger partial charge in [0.1, 0.15) is 5.00 Å². The molecule has 3 heteroatoms. The molecule has 10 aromatic rings. The molecular formula is C60H46N2S. The summed E-state index contributed by atoms with van der Waals surface area (Å²) in [7, 11) is 0. The highest BCUT2D eigenvalue weighted by molar-refractivity contribution is 7.19. The van der Waals surface area contributed by atoms with Crippen molar-refractivity contribution in [2.45, 2.75) is 13.8 Å². The van der Waals surface area contributed by atoms with Gasteiger partial charge in [-0.05, 0) is 148 Å². The quantitative estimate of drug-likeness (QED) is 0.128. The number of thiophene rings is 1. The van der Waals surface area contributed by atoms with Crippen molar-refractivity contribution in [3.63, 3.8) is 0 Å². The van der Waals surface area contributed by atoms with Gasteiger partial charge in [-0.1, -0.05) is 170 Å². The second kappa shape index (κ2) is 17.7. The lowest BCUT2D eigenvalue weighted by molar-refractivity contribution is 1.24. The smallest absolute Gasteiger partial charge is 0.101 e. The van der Waals surface area contributed by atoms with Gasteiger partial charge in [-0.15, -0.1) is 11.3 Å². The first-order chi connectivity index (χ1) is 31.1. The molecule has 0 saturated heterocycles. The Labute approximate surface area is 375 Å². The Balaban J connectivity index is 1.02. The first-order valence-electron chi connectivity index (χ1n) is 21.5. The Hall–Kier alpha value is -7.72. The zero-order valence-corrected chi connectivity index (χ0v) is 36.2. The summed E-state index contributed by atoms with van der Waals surface area (Å²) in [5.74, 6) is 0. The van der Waals surface area contributed by atoms with Crippen molar-refractivity contribution in [3.8, 4) is 54.9 Å². The van der Waals surface area contributed by atoms with Crippen molar-refractivity contribution in [2.24, 2.45) is 0 Å². The molecule has 0 bridgehead atoms. The third-order valence-corrected chi connectivity index (χ3v) is 12.9. The highest BCUT2D eigenvalue weighted by Gasteiger charge is 2.20. The molecule has 0 N–H and O–H groups in total. The second-order valence-corrected chi connectivity index (χ2v) is 17.0. The van der Waals surface area contributed by atoms with E-state index in [0.717, 1.165) is 33.4 Å². The van der Waals surface area contributed by atoms with E-state index in [1.807, 2.05) is 11.3 Å². The Morgan fingerprint density at radius 3 is 0.952 bits per heavy atom. The number of rotatable bonds is 11. The van der Waals surface area contributed by atoms with Crippen LogP contribution < -0.4 is 9.80 Å². The largest absolute Gasteiger partial charge is 0.310 e. The van der Waals surface area contributed by atoms with Crippen LogP contribution in [0, 0.1) is 13.8 Å². The van der Waals surface area contributed by atoms with Gasteiger partial charge in [-0.3, -0.25) is 0 Å². The summed E-state index contributed by atoms with van der Waals surface area (Å²) in [6, 6.07) is 87.4. The van der Waals surface area contributed by atoms with Gasteiger partial charge in [-0.25, -0.2) is 0 Å². The van der Waals surface area contributed by atoms with E-state index in [1.165, 1.54) is 66.1 Å². The molecule has 63 heavy (non-hydrogen) atoms. The van der Waals surface area contributed by atoms with Crippen molar-refractivity contribution in [1.82, 2.24) is 0 Å². The third-order valence-electron chi connectivity index (χ3n) is 11.8. The molecule has 0 aliphatic carbocycles. The van der Waals surface area contributed by atoms with Crippen LogP contribution in [0.25, 0.3) is 54.9 Å². The fraction of sp³-hybridized carbons (Fsp3) is 0.0333. The summed E-state index contributed by atoms with van der Waals surface area (Å²) in [5.41, 5.74) is 18.9. The van der Waals surface area contributed by atoms with Crippen molar-refractivity contribution in [2.75, 3.05) is 9.80 Å². The van der Waals surface area contributed by atoms with Gasteiger partial charge >= 0.3 is 0 Å². The molecule has 0 fully saturated rings. The molecule has 2 nitrogen and oxygen atoms in total. The molecule has 302 valence electrons. The van der Waals surface area contributed by atoms with Crippen LogP contribution >= 0.6 is 11.3 Å². The van der Waals surface area contributed by atoms with E-state index in [1.54, 1.807) is 0 Å². The van der Waals surface area contributed by atoms with Crippen molar-refractivity contribution in [1.29, 1.82) is 0 Å². The minimum absolute atomic E-state index is 1.11. The predicted octanol–water partition coefficient (Wildman–Crippen LogP) is 17.6. The van der Waals surface area contributed by atoms with E-state index in [9.17, 15) is 0 Å². The zero-order valence-electron chi connectivity index (χ0n) is 35.4. The summed E-state index contributed by atoms with van der Waals surface area (Å²) in [6.45, 7) is 4.49. The molecule has 1 heterocycles. The summed E-state index contributed by atoms with van der Waals surface area (Å²) in [6.07, 6.45) is 0. The van der Waals surface area contributed by atoms with Crippen LogP contribution in [0.3, 0.4) is 0 Å². The number of anilines is 6. The molecule has 0 aliphatic heterocycles. The van der Waals surface area contributed by atoms with Gasteiger partial charge in [0.2, 0.25) is 0 Å². The second-order valence-electron chi connectivity index (χ2n) is 15.9. The first kappa shape index (κ1) is 39.4. The van der Waals surface area contributed by atoms with Crippen LogP contribution in [0.4, 0.5) is 33.4 Å². The van der Waals surface area contributed by atoms with Crippen LogP contribution in [0.15, 0.2) is 243 Å². The first-order valence-corrected chi connectivity index (χ1v) is 22.3. The number of hydrogen-bond donors (Lipinski definition) is 0. The molecule has 0 spiro atoms. The van der Waals surface area contributed by atoms with E-state index in [4.69, 9.17) is 0 Å². The van der Waals surface area contributed by atoms with Gasteiger partial charge in [0.25, 0.3) is 0 Å². The Bertz CT molecular complexity index is 2900. The summed E-state index contributed by atoms with van der Waals surface area (Å²) in [5, 5.41) is 1.16. The average molecular weight is 827 g/mol. The van der Waals surface area contributed by atoms with Crippen LogP contribution in [-0.2, 0) is 0 Å². The minimum Gasteiger partial charge on any atom is -0.310 e. The maximum atomic E-state index is 2.40. The Morgan fingerprint density at radius 2 is 0.603 bits per heavy atom. The Morgan fingerprint density at radius 1 is 0.286 bits per heavy atom. The van der Waals surface area contributed by atoms with E-state index in [-0.39, 0.29) is 0 Å². The van der Waals surface area contributed by atoms with Gasteiger partial charge in [0.15, 0.2) is 0 Å². The van der Waals surface area contributed by atoms with Crippen molar-refractivity contribution < 1.29 is 0 Å². The third kappa shape index (κ3) is 8.35. The summed E-state index contributed by atoms with van der Waals surface area (Å²) in [4.78, 5) is 6.01.